The first-order valence-corrected chi connectivity index (χ1v) is 7.20. The molecule has 2 aliphatic carbocycles. The van der Waals surface area contributed by atoms with Crippen molar-refractivity contribution in [3.63, 3.8) is 0 Å². The minimum atomic E-state index is 0.574. The third-order valence-corrected chi connectivity index (χ3v) is 4.46. The van der Waals surface area contributed by atoms with Gasteiger partial charge in [-0.25, -0.2) is 0 Å². The molecule has 0 aliphatic heterocycles. The van der Waals surface area contributed by atoms with Gasteiger partial charge in [-0.1, -0.05) is 56.3 Å². The van der Waals surface area contributed by atoms with Crippen LogP contribution >= 0.6 is 0 Å². The third-order valence-electron chi connectivity index (χ3n) is 4.46. The molecule has 0 atom stereocenters. The monoisotopic (exact) mass is 246 g/mol. The highest BCUT2D eigenvalue weighted by Crippen LogP contribution is 2.42. The lowest BCUT2D eigenvalue weighted by Gasteiger charge is -2.25. The molecular formula is C19H18. The van der Waals surface area contributed by atoms with E-state index in [-0.39, 0.29) is 0 Å². The molecule has 0 heteroatoms. The molecule has 0 saturated heterocycles. The van der Waals surface area contributed by atoms with Crippen LogP contribution in [0.4, 0.5) is 0 Å². The Morgan fingerprint density at radius 1 is 1.11 bits per heavy atom. The Kier molecular flexibility index (Phi) is 2.23. The Hall–Kier alpha value is -1.82. The van der Waals surface area contributed by atoms with Gasteiger partial charge in [0.2, 0.25) is 0 Å². The van der Waals surface area contributed by atoms with Crippen molar-refractivity contribution in [2.75, 3.05) is 0 Å². The van der Waals surface area contributed by atoms with Crippen LogP contribution in [0.3, 0.4) is 0 Å². The number of rotatable bonds is 1. The molecule has 19 heavy (non-hydrogen) atoms. The number of hydrogen-bond acceptors (Lipinski definition) is 0. The molecule has 0 nitrogen and oxygen atoms in total. The first-order valence-electron chi connectivity index (χ1n) is 7.20. The summed E-state index contributed by atoms with van der Waals surface area (Å²) >= 11 is 0. The molecule has 0 N–H and O–H groups in total. The molecule has 2 aromatic rings. The van der Waals surface area contributed by atoms with Crippen molar-refractivity contribution < 1.29 is 0 Å². The minimum absolute atomic E-state index is 0.574. The molecule has 2 aliphatic rings. The van der Waals surface area contributed by atoms with Gasteiger partial charge in [0, 0.05) is 0 Å². The van der Waals surface area contributed by atoms with Crippen molar-refractivity contribution in [2.45, 2.75) is 32.6 Å². The van der Waals surface area contributed by atoms with Crippen molar-refractivity contribution in [1.82, 2.24) is 0 Å². The van der Waals surface area contributed by atoms with Crippen LogP contribution in [0.15, 0.2) is 36.4 Å². The fourth-order valence-corrected chi connectivity index (χ4v) is 3.56. The predicted molar refractivity (Wildman–Crippen MR) is 83.4 cm³/mol. The minimum Gasteiger partial charge on any atom is -0.0795 e. The van der Waals surface area contributed by atoms with E-state index in [2.05, 4.69) is 56.3 Å². The SMILES string of the molecule is CC(C)c1cc2c3c4c(cccc14)CC=C3CC=C2. The van der Waals surface area contributed by atoms with Crippen LogP contribution in [0, 0.1) is 0 Å². The lowest BCUT2D eigenvalue weighted by molar-refractivity contribution is 0.875. The molecule has 94 valence electrons. The number of allylic oxidation sites excluding steroid dienone is 3. The Balaban J connectivity index is 2.22. The van der Waals surface area contributed by atoms with E-state index < -0.39 is 0 Å². The first kappa shape index (κ1) is 11.0. The van der Waals surface area contributed by atoms with Gasteiger partial charge in [-0.15, -0.1) is 0 Å². The lowest BCUT2D eigenvalue weighted by atomic mass is 9.78. The highest BCUT2D eigenvalue weighted by molar-refractivity contribution is 6.04. The van der Waals surface area contributed by atoms with Crippen LogP contribution in [0.2, 0.25) is 0 Å². The van der Waals surface area contributed by atoms with Gasteiger partial charge in [0.05, 0.1) is 0 Å². The zero-order valence-electron chi connectivity index (χ0n) is 11.5. The fourth-order valence-electron chi connectivity index (χ4n) is 3.56. The summed E-state index contributed by atoms with van der Waals surface area (Å²) in [6.07, 6.45) is 9.21. The summed E-state index contributed by atoms with van der Waals surface area (Å²) in [4.78, 5) is 0. The molecule has 0 amide bonds. The average molecular weight is 246 g/mol. The van der Waals surface area contributed by atoms with Crippen LogP contribution in [-0.4, -0.2) is 0 Å². The van der Waals surface area contributed by atoms with E-state index >= 15 is 0 Å². The predicted octanol–water partition coefficient (Wildman–Crippen LogP) is 5.32. The zero-order chi connectivity index (χ0) is 13.0. The maximum Gasteiger partial charge on any atom is -0.00645 e. The van der Waals surface area contributed by atoms with Crippen LogP contribution in [-0.2, 0) is 6.42 Å². The van der Waals surface area contributed by atoms with Gasteiger partial charge in [-0.2, -0.15) is 0 Å². The summed E-state index contributed by atoms with van der Waals surface area (Å²) in [5.74, 6) is 0.574. The summed E-state index contributed by atoms with van der Waals surface area (Å²) in [5, 5.41) is 2.98. The largest absolute Gasteiger partial charge is 0.0795 e. The van der Waals surface area contributed by atoms with Gasteiger partial charge in [0.25, 0.3) is 0 Å². The van der Waals surface area contributed by atoms with E-state index in [0.717, 1.165) is 12.8 Å². The van der Waals surface area contributed by atoms with Crippen LogP contribution in [0.5, 0.6) is 0 Å². The molecule has 4 rings (SSSR count). The molecule has 0 aromatic heterocycles. The van der Waals surface area contributed by atoms with Gasteiger partial charge in [0.15, 0.2) is 0 Å². The Morgan fingerprint density at radius 2 is 2.00 bits per heavy atom. The number of hydrogen-bond donors (Lipinski definition) is 0. The summed E-state index contributed by atoms with van der Waals surface area (Å²) in [7, 11) is 0. The van der Waals surface area contributed by atoms with E-state index in [9.17, 15) is 0 Å². The summed E-state index contributed by atoms with van der Waals surface area (Å²) < 4.78 is 0. The van der Waals surface area contributed by atoms with Crippen molar-refractivity contribution in [3.05, 3.63) is 58.7 Å². The van der Waals surface area contributed by atoms with Crippen molar-refractivity contribution in [2.24, 2.45) is 0 Å². The second-order valence-corrected chi connectivity index (χ2v) is 5.96. The van der Waals surface area contributed by atoms with Crippen molar-refractivity contribution >= 4 is 22.4 Å². The van der Waals surface area contributed by atoms with E-state index in [1.807, 2.05) is 0 Å². The quantitative estimate of drug-likeness (QED) is 0.639. The lowest BCUT2D eigenvalue weighted by Crippen LogP contribution is -2.05. The smallest absolute Gasteiger partial charge is 0.00645 e. The van der Waals surface area contributed by atoms with Crippen LogP contribution in [0.25, 0.3) is 22.4 Å². The Bertz CT molecular complexity index is 742. The number of benzene rings is 2. The zero-order valence-corrected chi connectivity index (χ0v) is 11.5. The van der Waals surface area contributed by atoms with E-state index in [1.165, 1.54) is 38.6 Å². The molecule has 2 aromatic carbocycles. The average Bonchev–Trinajstić information content (AvgIpc) is 2.44. The van der Waals surface area contributed by atoms with E-state index in [1.54, 1.807) is 0 Å². The molecule has 0 heterocycles. The topological polar surface area (TPSA) is 0 Å². The molecule has 0 saturated carbocycles. The van der Waals surface area contributed by atoms with E-state index in [0.29, 0.717) is 5.92 Å². The third kappa shape index (κ3) is 1.46. The van der Waals surface area contributed by atoms with Crippen LogP contribution < -0.4 is 0 Å². The first-order chi connectivity index (χ1) is 9.25. The van der Waals surface area contributed by atoms with Gasteiger partial charge < -0.3 is 0 Å². The van der Waals surface area contributed by atoms with Crippen LogP contribution in [0.1, 0.15) is 48.4 Å². The van der Waals surface area contributed by atoms with E-state index in [4.69, 9.17) is 0 Å². The van der Waals surface area contributed by atoms with Gasteiger partial charge in [-0.3, -0.25) is 0 Å². The molecule has 0 unspecified atom stereocenters. The van der Waals surface area contributed by atoms with Crippen molar-refractivity contribution in [1.29, 1.82) is 0 Å². The Labute approximate surface area is 114 Å². The fraction of sp³-hybridized carbons (Fsp3) is 0.263. The standard InChI is InChI=1S/C19H18/c1-12(2)17-11-15-7-3-5-13-9-10-14-6-4-8-16(17)19(14)18(13)15/h3-4,6-9,11-12H,5,10H2,1-2H3. The summed E-state index contributed by atoms with van der Waals surface area (Å²) in [5.41, 5.74) is 7.43. The highest BCUT2D eigenvalue weighted by Gasteiger charge is 2.21. The molecule has 0 spiro atoms. The molecule has 0 bridgehead atoms. The molecular weight excluding hydrogens is 228 g/mol. The van der Waals surface area contributed by atoms with Crippen molar-refractivity contribution in [3.8, 4) is 0 Å². The summed E-state index contributed by atoms with van der Waals surface area (Å²) in [6, 6.07) is 9.21. The Morgan fingerprint density at radius 3 is 2.84 bits per heavy atom. The van der Waals surface area contributed by atoms with Gasteiger partial charge in [-0.05, 0) is 57.4 Å². The molecule has 0 fully saturated rings. The summed E-state index contributed by atoms with van der Waals surface area (Å²) in [6.45, 7) is 4.59. The highest BCUT2D eigenvalue weighted by atomic mass is 14.3. The maximum atomic E-state index is 2.42. The normalized spacial score (nSPS) is 16.1. The second kappa shape index (κ2) is 3.84. The second-order valence-electron chi connectivity index (χ2n) is 5.96. The maximum absolute atomic E-state index is 2.42. The molecule has 0 radical (unpaired) electrons. The van der Waals surface area contributed by atoms with Gasteiger partial charge >= 0.3 is 0 Å². The van der Waals surface area contributed by atoms with Gasteiger partial charge in [0.1, 0.15) is 0 Å².